The van der Waals surface area contributed by atoms with Crippen molar-refractivity contribution in [3.8, 4) is 0 Å². The van der Waals surface area contributed by atoms with E-state index >= 15 is 0 Å². The summed E-state index contributed by atoms with van der Waals surface area (Å²) in [5, 5.41) is 10.7. The van der Waals surface area contributed by atoms with Gasteiger partial charge >= 0.3 is 0 Å². The third-order valence-electron chi connectivity index (χ3n) is 3.89. The first-order valence-corrected chi connectivity index (χ1v) is 8.26. The minimum Gasteiger partial charge on any atom is -0.355 e. The molecule has 1 atom stereocenters. The van der Waals surface area contributed by atoms with Crippen LogP contribution in [0, 0.1) is 5.92 Å². The van der Waals surface area contributed by atoms with Gasteiger partial charge in [-0.2, -0.15) is 5.10 Å². The molecule has 0 bridgehead atoms. The lowest BCUT2D eigenvalue weighted by atomic mass is 10.0. The molecule has 134 valence electrons. The maximum absolute atomic E-state index is 4.28. The second-order valence-corrected chi connectivity index (χ2v) is 5.95. The van der Waals surface area contributed by atoms with Gasteiger partial charge in [-0.15, -0.1) is 13.2 Å². The lowest BCUT2D eigenvalue weighted by molar-refractivity contribution is 0.190. The summed E-state index contributed by atoms with van der Waals surface area (Å²) in [6.45, 7) is 15.2. The molecular weight excluding hydrogens is 302 g/mol. The molecule has 1 aromatic rings. The number of rotatable bonds is 10. The topological polar surface area (TPSA) is 70.4 Å². The monoisotopic (exact) mass is 333 g/mol. The molecule has 1 aromatic heterocycles. The number of guanidine groups is 1. The predicted octanol–water partition coefficient (Wildman–Crippen LogP) is 1.18. The fraction of sp³-hybridized carbons (Fsp3) is 0.588. The molecule has 0 aromatic carbocycles. The molecule has 2 N–H and O–H groups in total. The molecule has 0 aliphatic carbocycles. The first-order valence-electron chi connectivity index (χ1n) is 8.26. The Morgan fingerprint density at radius 2 is 2.00 bits per heavy atom. The number of aryl methyl sites for hydroxylation is 1. The average Bonchev–Trinajstić information content (AvgIpc) is 2.95. The second kappa shape index (κ2) is 10.6. The Hall–Kier alpha value is -2.15. The van der Waals surface area contributed by atoms with Crippen molar-refractivity contribution >= 4 is 5.96 Å². The summed E-state index contributed by atoms with van der Waals surface area (Å²) in [5.74, 6) is 2.10. The van der Waals surface area contributed by atoms with Crippen LogP contribution in [0.2, 0.25) is 0 Å². The van der Waals surface area contributed by atoms with Crippen molar-refractivity contribution in [2.75, 3.05) is 26.7 Å². The van der Waals surface area contributed by atoms with Gasteiger partial charge in [0.25, 0.3) is 0 Å². The van der Waals surface area contributed by atoms with Gasteiger partial charge in [-0.25, -0.2) is 4.98 Å². The van der Waals surface area contributed by atoms with Crippen LogP contribution in [-0.4, -0.2) is 58.3 Å². The van der Waals surface area contributed by atoms with E-state index in [1.807, 2.05) is 19.2 Å². The van der Waals surface area contributed by atoms with Gasteiger partial charge in [-0.1, -0.05) is 26.0 Å². The second-order valence-electron chi connectivity index (χ2n) is 5.95. The van der Waals surface area contributed by atoms with Gasteiger partial charge < -0.3 is 10.6 Å². The van der Waals surface area contributed by atoms with Crippen LogP contribution in [0.5, 0.6) is 0 Å². The zero-order valence-electron chi connectivity index (χ0n) is 15.4. The standard InChI is InChI=1S/C17H31N7/c1-7-9-24(10-8-2)15(14(3)4)11-19-17(18-5)20-12-16-21-13-22-23(16)6/h7-8,13-15H,1-2,9-12H2,3-6H3,(H2,18,19,20). The lowest BCUT2D eigenvalue weighted by Gasteiger charge is -2.33. The van der Waals surface area contributed by atoms with Gasteiger partial charge in [-0.05, 0) is 5.92 Å². The van der Waals surface area contributed by atoms with Gasteiger partial charge in [0, 0.05) is 39.8 Å². The Balaban J connectivity index is 2.61. The fourth-order valence-electron chi connectivity index (χ4n) is 2.53. The van der Waals surface area contributed by atoms with Crippen molar-refractivity contribution in [1.82, 2.24) is 30.3 Å². The zero-order chi connectivity index (χ0) is 17.9. The molecule has 1 unspecified atom stereocenters. The SMILES string of the molecule is C=CCN(CC=C)C(CNC(=NC)NCc1ncnn1C)C(C)C. The molecule has 0 aliphatic rings. The molecule has 24 heavy (non-hydrogen) atoms. The molecule has 0 radical (unpaired) electrons. The highest BCUT2D eigenvalue weighted by Crippen LogP contribution is 2.10. The molecule has 0 amide bonds. The maximum atomic E-state index is 4.28. The van der Waals surface area contributed by atoms with E-state index in [0.29, 0.717) is 18.5 Å². The Morgan fingerprint density at radius 3 is 2.46 bits per heavy atom. The van der Waals surface area contributed by atoms with Crippen molar-refractivity contribution in [3.63, 3.8) is 0 Å². The predicted molar refractivity (Wildman–Crippen MR) is 99.8 cm³/mol. The summed E-state index contributed by atoms with van der Waals surface area (Å²) in [7, 11) is 3.64. The minimum absolute atomic E-state index is 0.356. The first-order chi connectivity index (χ1) is 11.5. The van der Waals surface area contributed by atoms with E-state index in [-0.39, 0.29) is 0 Å². The molecule has 1 rings (SSSR count). The normalized spacial score (nSPS) is 13.2. The number of aromatic nitrogens is 3. The fourth-order valence-corrected chi connectivity index (χ4v) is 2.53. The van der Waals surface area contributed by atoms with Crippen LogP contribution in [0.25, 0.3) is 0 Å². The van der Waals surface area contributed by atoms with Gasteiger partial charge in [-0.3, -0.25) is 14.6 Å². The van der Waals surface area contributed by atoms with E-state index in [9.17, 15) is 0 Å². The van der Waals surface area contributed by atoms with Crippen molar-refractivity contribution < 1.29 is 0 Å². The van der Waals surface area contributed by atoms with Crippen LogP contribution < -0.4 is 10.6 Å². The number of hydrogen-bond donors (Lipinski definition) is 2. The molecule has 7 heteroatoms. The van der Waals surface area contributed by atoms with E-state index in [0.717, 1.165) is 31.4 Å². The summed E-state index contributed by atoms with van der Waals surface area (Å²) >= 11 is 0. The molecule has 1 heterocycles. The molecule has 0 spiro atoms. The molecule has 0 saturated heterocycles. The Labute approximate surface area is 145 Å². The van der Waals surface area contributed by atoms with E-state index in [1.54, 1.807) is 18.1 Å². The number of nitrogens with one attached hydrogen (secondary N) is 2. The number of hydrogen-bond acceptors (Lipinski definition) is 4. The van der Waals surface area contributed by atoms with Gasteiger partial charge in [0.15, 0.2) is 5.96 Å². The van der Waals surface area contributed by atoms with Crippen LogP contribution in [0.15, 0.2) is 36.6 Å². The Morgan fingerprint density at radius 1 is 1.33 bits per heavy atom. The van der Waals surface area contributed by atoms with Gasteiger partial charge in [0.2, 0.25) is 0 Å². The summed E-state index contributed by atoms with van der Waals surface area (Å²) in [6.07, 6.45) is 5.41. The largest absolute Gasteiger partial charge is 0.355 e. The summed E-state index contributed by atoms with van der Waals surface area (Å²) in [5.41, 5.74) is 0. The van der Waals surface area contributed by atoms with Crippen molar-refractivity contribution in [3.05, 3.63) is 37.5 Å². The van der Waals surface area contributed by atoms with Crippen molar-refractivity contribution in [2.45, 2.75) is 26.4 Å². The average molecular weight is 333 g/mol. The highest BCUT2D eigenvalue weighted by Gasteiger charge is 2.20. The van der Waals surface area contributed by atoms with E-state index < -0.39 is 0 Å². The zero-order valence-corrected chi connectivity index (χ0v) is 15.4. The van der Waals surface area contributed by atoms with E-state index in [2.05, 4.69) is 57.6 Å². The third-order valence-corrected chi connectivity index (χ3v) is 3.89. The maximum Gasteiger partial charge on any atom is 0.191 e. The molecule has 0 fully saturated rings. The number of aliphatic imine (C=N–C) groups is 1. The molecule has 0 aliphatic heterocycles. The number of nitrogens with zero attached hydrogens (tertiary/aromatic N) is 5. The van der Waals surface area contributed by atoms with Gasteiger partial charge in [0.1, 0.15) is 12.2 Å². The van der Waals surface area contributed by atoms with Crippen LogP contribution in [0.4, 0.5) is 0 Å². The van der Waals surface area contributed by atoms with E-state index in [4.69, 9.17) is 0 Å². The van der Waals surface area contributed by atoms with E-state index in [1.165, 1.54) is 0 Å². The van der Waals surface area contributed by atoms with Crippen molar-refractivity contribution in [1.29, 1.82) is 0 Å². The highest BCUT2D eigenvalue weighted by molar-refractivity contribution is 5.79. The van der Waals surface area contributed by atoms with Gasteiger partial charge in [0.05, 0.1) is 6.54 Å². The van der Waals surface area contributed by atoms with Crippen molar-refractivity contribution in [2.24, 2.45) is 18.0 Å². The molecule has 7 nitrogen and oxygen atoms in total. The minimum atomic E-state index is 0.356. The Kier molecular flexibility index (Phi) is 8.78. The van der Waals surface area contributed by atoms with Crippen LogP contribution in [0.3, 0.4) is 0 Å². The van der Waals surface area contributed by atoms with Crippen LogP contribution >= 0.6 is 0 Å². The smallest absolute Gasteiger partial charge is 0.191 e. The highest BCUT2D eigenvalue weighted by atomic mass is 15.3. The van der Waals surface area contributed by atoms with Crippen LogP contribution in [0.1, 0.15) is 19.7 Å². The molecule has 0 saturated carbocycles. The molecular formula is C17H31N7. The third kappa shape index (κ3) is 6.16. The lowest BCUT2D eigenvalue weighted by Crippen LogP contribution is -2.49. The first kappa shape index (κ1) is 19.9. The summed E-state index contributed by atoms with van der Waals surface area (Å²) < 4.78 is 1.74. The summed E-state index contributed by atoms with van der Waals surface area (Å²) in [4.78, 5) is 10.8. The quantitative estimate of drug-likeness (QED) is 0.382. The Bertz CT molecular complexity index is 523. The van der Waals surface area contributed by atoms with Crippen LogP contribution in [-0.2, 0) is 13.6 Å². The summed E-state index contributed by atoms with van der Waals surface area (Å²) in [6, 6.07) is 0.356.